The molecule has 2 aromatic rings. The zero-order chi connectivity index (χ0) is 24.7. The Morgan fingerprint density at radius 2 is 1.30 bits per heavy atom. The zero-order valence-corrected chi connectivity index (χ0v) is 21.5. The van der Waals surface area contributed by atoms with Crippen molar-refractivity contribution >= 4 is 0 Å². The highest BCUT2D eigenvalue weighted by atomic mass is 16.5. The molecule has 33 heavy (non-hydrogen) atoms. The highest BCUT2D eigenvalue weighted by Crippen LogP contribution is 2.35. The average Bonchev–Trinajstić information content (AvgIpc) is 3.69. The van der Waals surface area contributed by atoms with E-state index in [1.807, 2.05) is 18.2 Å². The van der Waals surface area contributed by atoms with E-state index in [1.165, 1.54) is 41.5 Å². The Morgan fingerprint density at radius 1 is 0.788 bits per heavy atom. The summed E-state index contributed by atoms with van der Waals surface area (Å²) in [5.41, 5.74) is 6.29. The SMILES string of the molecule is C1CC1.C=CCC.C=CCOc1ccc(C(C)(C)c2ccc(C)c(CC=C)c2)cc1CC=C. The number of ether oxygens (including phenoxy) is 1. The van der Waals surface area contributed by atoms with Crippen LogP contribution < -0.4 is 4.74 Å². The summed E-state index contributed by atoms with van der Waals surface area (Å²) < 4.78 is 5.80. The molecule has 0 radical (unpaired) electrons. The van der Waals surface area contributed by atoms with Gasteiger partial charge in [-0.15, -0.1) is 19.7 Å². The molecule has 0 aliphatic heterocycles. The minimum absolute atomic E-state index is 0.101. The molecule has 0 unspecified atom stereocenters. The molecule has 0 atom stereocenters. The van der Waals surface area contributed by atoms with E-state index >= 15 is 0 Å². The van der Waals surface area contributed by atoms with E-state index in [9.17, 15) is 0 Å². The standard InChI is InChI=1S/C25H30O.C4H8.C3H6/c1-7-10-20-17-22(13-12-19(20)4)25(5,6)23-14-15-24(26-16-9-3)21(18-23)11-8-2;1-3-4-2;1-2-3-1/h7-9,12-15,17-18H,1-3,10-11,16H2,4-6H3;3H,1,4H2,2H3;1-3H2. The third kappa shape index (κ3) is 9.70. The monoisotopic (exact) mass is 444 g/mol. The number of allylic oxidation sites excluding steroid dienone is 3. The van der Waals surface area contributed by atoms with Gasteiger partial charge in [0.05, 0.1) is 0 Å². The van der Waals surface area contributed by atoms with Crippen molar-refractivity contribution in [2.75, 3.05) is 6.61 Å². The molecule has 0 aromatic heterocycles. The van der Waals surface area contributed by atoms with Gasteiger partial charge in [0.2, 0.25) is 0 Å². The fourth-order valence-corrected chi connectivity index (χ4v) is 3.18. The third-order valence-electron chi connectivity index (χ3n) is 5.58. The Labute approximate surface area is 203 Å². The van der Waals surface area contributed by atoms with Gasteiger partial charge in [-0.25, -0.2) is 0 Å². The number of rotatable bonds is 10. The molecule has 0 spiro atoms. The van der Waals surface area contributed by atoms with Crippen LogP contribution in [0.15, 0.2) is 87.0 Å². The summed E-state index contributed by atoms with van der Waals surface area (Å²) in [6.07, 6.45) is 14.8. The van der Waals surface area contributed by atoms with Crippen molar-refractivity contribution in [2.45, 2.75) is 71.6 Å². The van der Waals surface area contributed by atoms with Crippen molar-refractivity contribution in [1.82, 2.24) is 0 Å². The van der Waals surface area contributed by atoms with Crippen molar-refractivity contribution in [3.8, 4) is 5.75 Å². The molecule has 1 nitrogen and oxygen atoms in total. The summed E-state index contributed by atoms with van der Waals surface area (Å²) in [7, 11) is 0. The number of benzene rings is 2. The molecule has 2 aromatic carbocycles. The molecule has 1 aliphatic carbocycles. The van der Waals surface area contributed by atoms with Crippen molar-refractivity contribution < 1.29 is 4.74 Å². The van der Waals surface area contributed by atoms with E-state index in [4.69, 9.17) is 4.74 Å². The fraction of sp³-hybridized carbons (Fsp3) is 0.375. The van der Waals surface area contributed by atoms with Crippen LogP contribution in [-0.4, -0.2) is 6.61 Å². The lowest BCUT2D eigenvalue weighted by molar-refractivity contribution is 0.359. The van der Waals surface area contributed by atoms with Gasteiger partial charge in [-0.3, -0.25) is 0 Å². The summed E-state index contributed by atoms with van der Waals surface area (Å²) in [6.45, 7) is 24.2. The van der Waals surface area contributed by atoms with E-state index in [-0.39, 0.29) is 5.41 Å². The largest absolute Gasteiger partial charge is 0.489 e. The van der Waals surface area contributed by atoms with Crippen LogP contribution in [0.25, 0.3) is 0 Å². The molecule has 178 valence electrons. The highest BCUT2D eigenvalue weighted by Gasteiger charge is 2.24. The first kappa shape index (κ1) is 28.2. The van der Waals surface area contributed by atoms with E-state index in [2.05, 4.69) is 90.4 Å². The molecule has 1 aliphatic rings. The average molecular weight is 445 g/mol. The predicted octanol–water partition coefficient (Wildman–Crippen LogP) is 9.10. The van der Waals surface area contributed by atoms with Crippen LogP contribution in [0.5, 0.6) is 5.75 Å². The van der Waals surface area contributed by atoms with Gasteiger partial charge in [0, 0.05) is 5.41 Å². The lowest BCUT2D eigenvalue weighted by Crippen LogP contribution is -2.20. The first-order valence-electron chi connectivity index (χ1n) is 12.1. The van der Waals surface area contributed by atoms with E-state index in [1.54, 1.807) is 6.08 Å². The van der Waals surface area contributed by atoms with Crippen molar-refractivity contribution in [1.29, 1.82) is 0 Å². The summed E-state index contributed by atoms with van der Waals surface area (Å²) in [5, 5.41) is 0. The second kappa shape index (κ2) is 15.1. The Morgan fingerprint density at radius 3 is 1.79 bits per heavy atom. The Balaban J connectivity index is 0.000000670. The van der Waals surface area contributed by atoms with Crippen molar-refractivity contribution in [2.24, 2.45) is 0 Å². The molecule has 0 heterocycles. The molecule has 3 rings (SSSR count). The van der Waals surface area contributed by atoms with Crippen LogP contribution in [0.2, 0.25) is 0 Å². The van der Waals surface area contributed by atoms with E-state index in [0.29, 0.717) is 6.61 Å². The van der Waals surface area contributed by atoms with Crippen LogP contribution >= 0.6 is 0 Å². The molecule has 0 saturated heterocycles. The van der Waals surface area contributed by atoms with Crippen LogP contribution in [0.4, 0.5) is 0 Å². The molecule has 1 heteroatoms. The van der Waals surface area contributed by atoms with Gasteiger partial charge in [0.25, 0.3) is 0 Å². The zero-order valence-electron chi connectivity index (χ0n) is 21.5. The van der Waals surface area contributed by atoms with Crippen LogP contribution in [0.1, 0.15) is 74.3 Å². The summed E-state index contributed by atoms with van der Waals surface area (Å²) in [5.74, 6) is 0.903. The predicted molar refractivity (Wildman–Crippen MR) is 148 cm³/mol. The topological polar surface area (TPSA) is 9.23 Å². The smallest absolute Gasteiger partial charge is 0.123 e. The maximum Gasteiger partial charge on any atom is 0.123 e. The molecule has 0 bridgehead atoms. The second-order valence-corrected chi connectivity index (χ2v) is 8.93. The van der Waals surface area contributed by atoms with Crippen LogP contribution in [0.3, 0.4) is 0 Å². The van der Waals surface area contributed by atoms with Crippen molar-refractivity contribution in [3.63, 3.8) is 0 Å². The molecule has 1 saturated carbocycles. The Hall–Kier alpha value is -2.80. The minimum Gasteiger partial charge on any atom is -0.489 e. The summed E-state index contributed by atoms with van der Waals surface area (Å²) in [4.78, 5) is 0. The van der Waals surface area contributed by atoms with E-state index < -0.39 is 0 Å². The number of aryl methyl sites for hydroxylation is 1. The Kier molecular flexibility index (Phi) is 12.9. The van der Waals surface area contributed by atoms with Gasteiger partial charge >= 0.3 is 0 Å². The summed E-state index contributed by atoms with van der Waals surface area (Å²) in [6, 6.07) is 13.2. The number of hydrogen-bond acceptors (Lipinski definition) is 1. The second-order valence-electron chi connectivity index (χ2n) is 8.93. The molecular formula is C32H44O. The van der Waals surface area contributed by atoms with Gasteiger partial charge in [0.1, 0.15) is 12.4 Å². The van der Waals surface area contributed by atoms with Crippen LogP contribution in [0, 0.1) is 6.92 Å². The molecule has 0 amide bonds. The maximum atomic E-state index is 5.80. The first-order chi connectivity index (χ1) is 15.8. The minimum atomic E-state index is -0.101. The fourth-order valence-electron chi connectivity index (χ4n) is 3.18. The van der Waals surface area contributed by atoms with E-state index in [0.717, 1.165) is 30.6 Å². The highest BCUT2D eigenvalue weighted by molar-refractivity contribution is 5.47. The normalized spacial score (nSPS) is 11.6. The van der Waals surface area contributed by atoms with Crippen LogP contribution in [-0.2, 0) is 18.3 Å². The van der Waals surface area contributed by atoms with Gasteiger partial charge in [-0.2, -0.15) is 0 Å². The van der Waals surface area contributed by atoms with Gasteiger partial charge in [-0.1, -0.05) is 101 Å². The maximum absolute atomic E-state index is 5.80. The summed E-state index contributed by atoms with van der Waals surface area (Å²) >= 11 is 0. The molecule has 0 N–H and O–H groups in total. The van der Waals surface area contributed by atoms with Gasteiger partial charge < -0.3 is 4.74 Å². The van der Waals surface area contributed by atoms with Gasteiger partial charge in [0.15, 0.2) is 0 Å². The number of hydrogen-bond donors (Lipinski definition) is 0. The molecular weight excluding hydrogens is 400 g/mol. The Bertz CT molecular complexity index is 896. The van der Waals surface area contributed by atoms with Gasteiger partial charge in [-0.05, 0) is 60.1 Å². The lowest BCUT2D eigenvalue weighted by Gasteiger charge is -2.28. The lowest BCUT2D eigenvalue weighted by atomic mass is 9.76. The van der Waals surface area contributed by atoms with Crippen molar-refractivity contribution in [3.05, 3.63) is 115 Å². The third-order valence-corrected chi connectivity index (χ3v) is 5.58. The quantitative estimate of drug-likeness (QED) is 0.332. The first-order valence-corrected chi connectivity index (χ1v) is 12.1. The molecule has 1 fully saturated rings.